The normalized spacial score (nSPS) is 13.9. The van der Waals surface area contributed by atoms with Crippen LogP contribution in [0.15, 0.2) is 79.3 Å². The molecule has 4 aromatic rings. The molecule has 0 fully saturated rings. The number of aromatic amines is 1. The number of rotatable bonds is 11. The minimum absolute atomic E-state index is 0.0449. The fraction of sp³-hybridized carbons (Fsp3) is 0.258. The number of ether oxygens (including phenoxy) is 2. The number of hydrogen-bond acceptors (Lipinski definition) is 9. The number of imidazole rings is 1. The lowest BCUT2D eigenvalue weighted by Gasteiger charge is -2.33. The minimum Gasteiger partial charge on any atom is -0.467 e. The first kappa shape index (κ1) is 30.1. The molecule has 0 aliphatic rings. The monoisotopic (exact) mass is 571 g/mol. The number of hydrogen-bond donors (Lipinski definition) is 3. The molecule has 4 rings (SSSR count). The van der Waals surface area contributed by atoms with E-state index < -0.39 is 41.3 Å². The first-order valence-electron chi connectivity index (χ1n) is 13.3. The quantitative estimate of drug-likeness (QED) is 0.139. The molecule has 1 amide bonds. The van der Waals surface area contributed by atoms with Crippen LogP contribution in [0.1, 0.15) is 35.5 Å². The first-order valence-corrected chi connectivity index (χ1v) is 13.3. The molecular weight excluding hydrogens is 538 g/mol. The average Bonchev–Trinajstić information content (AvgIpc) is 3.52. The molecule has 5 N–H and O–H groups in total. The Hall–Kier alpha value is -4.87. The number of nitrogens with two attached hydrogens (primary N) is 2. The zero-order chi connectivity index (χ0) is 30.4. The van der Waals surface area contributed by atoms with Gasteiger partial charge in [0.2, 0.25) is 5.91 Å². The van der Waals surface area contributed by atoms with Gasteiger partial charge in [-0.2, -0.15) is 0 Å². The Morgan fingerprint density at radius 2 is 1.69 bits per heavy atom. The predicted molar refractivity (Wildman–Crippen MR) is 156 cm³/mol. The Kier molecular flexibility index (Phi) is 9.14. The maximum atomic E-state index is 14.7. The van der Waals surface area contributed by atoms with Crippen LogP contribution >= 0.6 is 0 Å². The standard InChI is InChI=1S/C31H33N5O6/c1-19(32)28(38)36(20(2)29(39)41-3)25-14-13-22-11-7-8-12-24(22)26(25)27(37)31(33,15-23-16-34-18-35-23)30(40)42-17-21-9-5-4-6-10-21/h4-14,16,18-20H,15,17,32-33H2,1-3H3,(H,34,35)/t19-,20-,31-/m0/s1. The molecule has 1 heterocycles. The number of fused-ring (bicyclic) bond motifs is 1. The summed E-state index contributed by atoms with van der Waals surface area (Å²) in [6, 6.07) is 17.0. The van der Waals surface area contributed by atoms with Crippen molar-refractivity contribution in [1.29, 1.82) is 0 Å². The number of H-pyrrole nitrogens is 1. The molecule has 0 saturated carbocycles. The topological polar surface area (TPSA) is 171 Å². The summed E-state index contributed by atoms with van der Waals surface area (Å²) in [7, 11) is 1.19. The van der Waals surface area contributed by atoms with Crippen molar-refractivity contribution in [3.63, 3.8) is 0 Å². The number of aromatic nitrogens is 2. The lowest BCUT2D eigenvalue weighted by atomic mass is 9.83. The van der Waals surface area contributed by atoms with Gasteiger partial charge in [0.1, 0.15) is 12.6 Å². The molecule has 0 aliphatic heterocycles. The number of esters is 2. The van der Waals surface area contributed by atoms with Crippen LogP contribution < -0.4 is 16.4 Å². The molecule has 0 saturated heterocycles. The molecule has 3 atom stereocenters. The second-order valence-electron chi connectivity index (χ2n) is 9.99. The van der Waals surface area contributed by atoms with Crippen LogP contribution in [-0.2, 0) is 36.9 Å². The molecule has 0 radical (unpaired) electrons. The van der Waals surface area contributed by atoms with E-state index in [0.717, 1.165) is 4.90 Å². The summed E-state index contributed by atoms with van der Waals surface area (Å²) < 4.78 is 10.5. The average molecular weight is 572 g/mol. The van der Waals surface area contributed by atoms with Crippen molar-refractivity contribution < 1.29 is 28.7 Å². The maximum absolute atomic E-state index is 14.7. The smallest absolute Gasteiger partial charge is 0.335 e. The van der Waals surface area contributed by atoms with Crippen molar-refractivity contribution in [3.05, 3.63) is 96.1 Å². The molecule has 0 bridgehead atoms. The van der Waals surface area contributed by atoms with Crippen molar-refractivity contribution in [1.82, 2.24) is 9.97 Å². The summed E-state index contributed by atoms with van der Waals surface area (Å²) in [5.41, 5.74) is 11.6. The van der Waals surface area contributed by atoms with Gasteiger partial charge in [0.05, 0.1) is 30.7 Å². The van der Waals surface area contributed by atoms with E-state index in [1.807, 2.05) is 6.07 Å². The van der Waals surface area contributed by atoms with E-state index in [1.165, 1.54) is 39.5 Å². The number of carbonyl (C=O) groups is 4. The second kappa shape index (κ2) is 12.8. The van der Waals surface area contributed by atoms with E-state index in [2.05, 4.69) is 9.97 Å². The van der Waals surface area contributed by atoms with Gasteiger partial charge in [-0.25, -0.2) is 14.6 Å². The number of amides is 1. The summed E-state index contributed by atoms with van der Waals surface area (Å²) in [6.07, 6.45) is 2.57. The van der Waals surface area contributed by atoms with Gasteiger partial charge < -0.3 is 25.9 Å². The number of nitrogens with zero attached hydrogens (tertiary/aromatic N) is 2. The van der Waals surface area contributed by atoms with Gasteiger partial charge in [-0.05, 0) is 36.2 Å². The lowest BCUT2D eigenvalue weighted by molar-refractivity contribution is -0.149. The van der Waals surface area contributed by atoms with Crippen LogP contribution in [0.25, 0.3) is 10.8 Å². The van der Waals surface area contributed by atoms with Crippen LogP contribution in [0.5, 0.6) is 0 Å². The third-order valence-corrected chi connectivity index (χ3v) is 6.96. The molecule has 11 heteroatoms. The van der Waals surface area contributed by atoms with Crippen LogP contribution in [0.4, 0.5) is 5.69 Å². The number of benzene rings is 3. The van der Waals surface area contributed by atoms with Gasteiger partial charge in [-0.3, -0.25) is 14.5 Å². The van der Waals surface area contributed by atoms with Crippen molar-refractivity contribution in [2.75, 3.05) is 12.0 Å². The Labute approximate surface area is 242 Å². The van der Waals surface area contributed by atoms with Gasteiger partial charge in [0.15, 0.2) is 11.3 Å². The van der Waals surface area contributed by atoms with Crippen molar-refractivity contribution in [2.45, 2.75) is 44.5 Å². The van der Waals surface area contributed by atoms with Gasteiger partial charge >= 0.3 is 11.9 Å². The van der Waals surface area contributed by atoms with Gasteiger partial charge in [-0.1, -0.05) is 60.7 Å². The minimum atomic E-state index is -2.25. The lowest BCUT2D eigenvalue weighted by Crippen LogP contribution is -2.58. The molecule has 42 heavy (non-hydrogen) atoms. The van der Waals surface area contributed by atoms with Gasteiger partial charge in [-0.15, -0.1) is 0 Å². The molecule has 0 unspecified atom stereocenters. The van der Waals surface area contributed by atoms with E-state index >= 15 is 0 Å². The summed E-state index contributed by atoms with van der Waals surface area (Å²) in [5, 5.41) is 1.06. The molecule has 0 aliphatic carbocycles. The zero-order valence-corrected chi connectivity index (χ0v) is 23.6. The van der Waals surface area contributed by atoms with Crippen molar-refractivity contribution >= 4 is 40.1 Å². The molecule has 218 valence electrons. The maximum Gasteiger partial charge on any atom is 0.335 e. The van der Waals surface area contributed by atoms with E-state index in [-0.39, 0.29) is 24.3 Å². The van der Waals surface area contributed by atoms with E-state index in [4.69, 9.17) is 20.9 Å². The Balaban J connectivity index is 1.91. The van der Waals surface area contributed by atoms with Gasteiger partial charge in [0.25, 0.3) is 0 Å². The van der Waals surface area contributed by atoms with E-state index in [0.29, 0.717) is 22.0 Å². The number of Topliss-reactive ketones (excluding diaryl/α,β-unsaturated/α-hetero) is 1. The molecule has 3 aromatic carbocycles. The molecular formula is C31H33N5O6. The van der Waals surface area contributed by atoms with Crippen LogP contribution in [0.3, 0.4) is 0 Å². The summed E-state index contributed by atoms with van der Waals surface area (Å²) in [6.45, 7) is 2.81. The first-order chi connectivity index (χ1) is 20.1. The van der Waals surface area contributed by atoms with Crippen molar-refractivity contribution in [2.24, 2.45) is 11.5 Å². The fourth-order valence-electron chi connectivity index (χ4n) is 4.71. The summed E-state index contributed by atoms with van der Waals surface area (Å²) >= 11 is 0. The molecule has 11 nitrogen and oxygen atoms in total. The predicted octanol–water partition coefficient (Wildman–Crippen LogP) is 2.67. The van der Waals surface area contributed by atoms with Gasteiger partial charge in [0, 0.05) is 18.3 Å². The molecule has 1 aromatic heterocycles. The Bertz CT molecular complexity index is 1590. The van der Waals surface area contributed by atoms with Crippen LogP contribution in [-0.4, -0.2) is 58.3 Å². The third kappa shape index (κ3) is 6.07. The Morgan fingerprint density at radius 3 is 2.33 bits per heavy atom. The van der Waals surface area contributed by atoms with Crippen LogP contribution in [0, 0.1) is 0 Å². The number of anilines is 1. The third-order valence-electron chi connectivity index (χ3n) is 6.96. The largest absolute Gasteiger partial charge is 0.467 e. The number of methoxy groups -OCH3 is 1. The summed E-state index contributed by atoms with van der Waals surface area (Å²) in [5.74, 6) is -3.16. The highest BCUT2D eigenvalue weighted by Crippen LogP contribution is 2.34. The number of nitrogens with one attached hydrogen (secondary N) is 1. The van der Waals surface area contributed by atoms with E-state index in [1.54, 1.807) is 54.6 Å². The zero-order valence-electron chi connectivity index (χ0n) is 23.6. The molecule has 0 spiro atoms. The SMILES string of the molecule is COC(=O)[C@H](C)N(C(=O)[C@H](C)N)c1ccc2ccccc2c1C(=O)[C@@](N)(Cc1cnc[nH]1)C(=O)OCc1ccccc1. The second-order valence-corrected chi connectivity index (χ2v) is 9.99. The highest BCUT2D eigenvalue weighted by Gasteiger charge is 2.47. The van der Waals surface area contributed by atoms with Crippen molar-refractivity contribution in [3.8, 4) is 0 Å². The van der Waals surface area contributed by atoms with E-state index in [9.17, 15) is 19.2 Å². The highest BCUT2D eigenvalue weighted by molar-refractivity contribution is 6.25. The fourth-order valence-corrected chi connectivity index (χ4v) is 4.71. The highest BCUT2D eigenvalue weighted by atomic mass is 16.5. The number of ketones is 1. The summed E-state index contributed by atoms with van der Waals surface area (Å²) in [4.78, 5) is 62.6. The number of carbonyl (C=O) groups excluding carboxylic acids is 4. The Morgan fingerprint density at radius 1 is 1.00 bits per heavy atom. The van der Waals surface area contributed by atoms with Crippen LogP contribution in [0.2, 0.25) is 0 Å².